The van der Waals surface area contributed by atoms with Gasteiger partial charge in [-0.2, -0.15) is 5.10 Å². The van der Waals surface area contributed by atoms with Crippen LogP contribution >= 0.6 is 24.0 Å². The molecule has 0 N–H and O–H groups in total. The molecule has 5 aromatic rings. The van der Waals surface area contributed by atoms with Crippen LogP contribution in [0.3, 0.4) is 0 Å². The maximum atomic E-state index is 13.2. The number of nitrogens with zero attached hydrogens (tertiary/aromatic N) is 3. The van der Waals surface area contributed by atoms with Crippen molar-refractivity contribution in [3.05, 3.63) is 101 Å². The highest BCUT2D eigenvalue weighted by Gasteiger charge is 2.33. The molecule has 0 radical (unpaired) electrons. The van der Waals surface area contributed by atoms with Crippen LogP contribution in [-0.4, -0.2) is 24.9 Å². The molecule has 1 aliphatic rings. The fourth-order valence-electron chi connectivity index (χ4n) is 3.83. The first-order valence-corrected chi connectivity index (χ1v) is 11.8. The van der Waals surface area contributed by atoms with Gasteiger partial charge in [0.1, 0.15) is 21.4 Å². The molecule has 1 aliphatic heterocycles. The summed E-state index contributed by atoms with van der Waals surface area (Å²) in [5, 5.41) is 5.80. The average molecular weight is 484 g/mol. The first-order valence-electron chi connectivity index (χ1n) is 10.6. The molecule has 1 saturated heterocycles. The minimum Gasteiger partial charge on any atom is -0.467 e. The van der Waals surface area contributed by atoms with Crippen molar-refractivity contribution >= 4 is 51.3 Å². The lowest BCUT2D eigenvalue weighted by molar-refractivity contribution is -0.122. The van der Waals surface area contributed by atoms with E-state index in [2.05, 4.69) is 0 Å². The van der Waals surface area contributed by atoms with Crippen molar-refractivity contribution in [3.63, 3.8) is 0 Å². The quantitative estimate of drug-likeness (QED) is 0.217. The van der Waals surface area contributed by atoms with E-state index in [-0.39, 0.29) is 5.91 Å². The van der Waals surface area contributed by atoms with Gasteiger partial charge in [-0.25, -0.2) is 4.68 Å². The van der Waals surface area contributed by atoms with Gasteiger partial charge in [0.25, 0.3) is 5.91 Å². The minimum atomic E-state index is -0.158. The first kappa shape index (κ1) is 20.7. The van der Waals surface area contributed by atoms with Crippen molar-refractivity contribution in [1.82, 2.24) is 14.7 Å². The van der Waals surface area contributed by atoms with Crippen LogP contribution in [0.15, 0.2) is 99.0 Å². The second kappa shape index (κ2) is 8.48. The smallest absolute Gasteiger partial charge is 0.266 e. The molecule has 0 spiro atoms. The van der Waals surface area contributed by atoms with E-state index >= 15 is 0 Å². The summed E-state index contributed by atoms with van der Waals surface area (Å²) in [5.74, 6) is 1.15. The van der Waals surface area contributed by atoms with Gasteiger partial charge in [0.15, 0.2) is 5.76 Å². The largest absolute Gasteiger partial charge is 0.467 e. The van der Waals surface area contributed by atoms with Gasteiger partial charge in [-0.1, -0.05) is 60.4 Å². The Bertz CT molecular complexity index is 1520. The molecular weight excluding hydrogens is 466 g/mol. The van der Waals surface area contributed by atoms with Crippen LogP contribution in [0, 0.1) is 0 Å². The predicted molar refractivity (Wildman–Crippen MR) is 136 cm³/mol. The Morgan fingerprint density at radius 2 is 1.85 bits per heavy atom. The second-order valence-electron chi connectivity index (χ2n) is 7.71. The molecular formula is C26H17N3O3S2. The first-order chi connectivity index (χ1) is 16.7. The number of thiocarbonyl (C=S) groups is 1. The highest BCUT2D eigenvalue weighted by Crippen LogP contribution is 2.36. The number of carbonyl (C=O) groups is 1. The minimum absolute atomic E-state index is 0.158. The van der Waals surface area contributed by atoms with Gasteiger partial charge in [-0.05, 0) is 42.5 Å². The summed E-state index contributed by atoms with van der Waals surface area (Å²) in [6, 6.07) is 23.2. The van der Waals surface area contributed by atoms with Gasteiger partial charge in [0.2, 0.25) is 0 Å². The predicted octanol–water partition coefficient (Wildman–Crippen LogP) is 6.28. The summed E-state index contributed by atoms with van der Waals surface area (Å²) >= 11 is 6.75. The second-order valence-corrected chi connectivity index (χ2v) is 9.38. The van der Waals surface area contributed by atoms with E-state index < -0.39 is 0 Å². The number of para-hydroxylation sites is 2. The Kier molecular flexibility index (Phi) is 5.16. The zero-order valence-corrected chi connectivity index (χ0v) is 19.4. The van der Waals surface area contributed by atoms with Gasteiger partial charge in [0, 0.05) is 17.1 Å². The zero-order chi connectivity index (χ0) is 23.1. The van der Waals surface area contributed by atoms with Crippen molar-refractivity contribution in [2.75, 3.05) is 0 Å². The number of thioether (sulfide) groups is 1. The third-order valence-corrected chi connectivity index (χ3v) is 6.85. The lowest BCUT2D eigenvalue weighted by Gasteiger charge is -2.11. The lowest BCUT2D eigenvalue weighted by atomic mass is 10.1. The van der Waals surface area contributed by atoms with E-state index in [0.717, 1.165) is 22.2 Å². The Morgan fingerprint density at radius 3 is 2.65 bits per heavy atom. The molecule has 0 saturated carbocycles. The highest BCUT2D eigenvalue weighted by molar-refractivity contribution is 8.26. The van der Waals surface area contributed by atoms with E-state index in [9.17, 15) is 4.79 Å². The van der Waals surface area contributed by atoms with Crippen molar-refractivity contribution in [3.8, 4) is 17.1 Å². The van der Waals surface area contributed by atoms with E-state index in [4.69, 9.17) is 26.2 Å². The SMILES string of the molecule is O=C1/C(=C/c2cn(-c3ccccc3)nc2-c2cc3ccccc3o2)SC(=S)N1Cc1ccco1. The van der Waals surface area contributed by atoms with E-state index in [1.807, 2.05) is 79.0 Å². The third-order valence-electron chi connectivity index (χ3n) is 5.48. The van der Waals surface area contributed by atoms with E-state index in [0.29, 0.717) is 33.0 Å². The fourth-order valence-corrected chi connectivity index (χ4v) is 5.08. The summed E-state index contributed by atoms with van der Waals surface area (Å²) in [7, 11) is 0. The number of furan rings is 2. The normalized spacial score (nSPS) is 15.2. The summed E-state index contributed by atoms with van der Waals surface area (Å²) in [4.78, 5) is 15.2. The summed E-state index contributed by atoms with van der Waals surface area (Å²) in [6.45, 7) is 0.300. The van der Waals surface area contributed by atoms with Crippen molar-refractivity contribution in [2.45, 2.75) is 6.54 Å². The Morgan fingerprint density at radius 1 is 1.03 bits per heavy atom. The maximum absolute atomic E-state index is 13.2. The van der Waals surface area contributed by atoms with Crippen LogP contribution in [-0.2, 0) is 11.3 Å². The summed E-state index contributed by atoms with van der Waals surface area (Å²) < 4.78 is 13.8. The van der Waals surface area contributed by atoms with E-state index in [1.54, 1.807) is 21.9 Å². The number of fused-ring (bicyclic) bond motifs is 1. The molecule has 0 bridgehead atoms. The monoisotopic (exact) mass is 483 g/mol. The van der Waals surface area contributed by atoms with Gasteiger partial charge in [-0.3, -0.25) is 9.69 Å². The molecule has 8 heteroatoms. The summed E-state index contributed by atoms with van der Waals surface area (Å²) in [5.41, 5.74) is 3.10. The van der Waals surface area contributed by atoms with Crippen LogP contribution in [0.5, 0.6) is 0 Å². The van der Waals surface area contributed by atoms with Gasteiger partial charge >= 0.3 is 0 Å². The Labute approximate surface area is 204 Å². The summed E-state index contributed by atoms with van der Waals surface area (Å²) in [6.07, 6.45) is 5.31. The lowest BCUT2D eigenvalue weighted by Crippen LogP contribution is -2.27. The van der Waals surface area contributed by atoms with Gasteiger partial charge in [0.05, 0.1) is 23.4 Å². The Hall–Kier alpha value is -3.88. The third kappa shape index (κ3) is 3.76. The number of amides is 1. The number of carbonyl (C=O) groups excluding carboxylic acids is 1. The van der Waals surface area contributed by atoms with Crippen molar-refractivity contribution < 1.29 is 13.6 Å². The number of hydrogen-bond acceptors (Lipinski definition) is 6. The molecule has 3 aromatic heterocycles. The standard InChI is InChI=1S/C26H17N3O3S2/c30-25-23(34-26(33)28(25)16-20-10-6-12-31-20)14-18-15-29(19-8-2-1-3-9-19)27-24(18)22-13-17-7-4-5-11-21(17)32-22/h1-15H,16H2/b23-14-. The molecule has 2 aromatic carbocycles. The molecule has 34 heavy (non-hydrogen) atoms. The van der Waals surface area contributed by atoms with Crippen LogP contribution in [0.4, 0.5) is 0 Å². The molecule has 6 rings (SSSR count). The van der Waals surface area contributed by atoms with E-state index in [1.165, 1.54) is 11.8 Å². The molecule has 0 aliphatic carbocycles. The highest BCUT2D eigenvalue weighted by atomic mass is 32.2. The topological polar surface area (TPSA) is 64.4 Å². The average Bonchev–Trinajstić information content (AvgIpc) is 3.64. The number of rotatable bonds is 5. The fraction of sp³-hybridized carbons (Fsp3) is 0.0385. The van der Waals surface area contributed by atoms with Crippen molar-refractivity contribution in [1.29, 1.82) is 0 Å². The van der Waals surface area contributed by atoms with Gasteiger partial charge in [-0.15, -0.1) is 0 Å². The van der Waals surface area contributed by atoms with Crippen LogP contribution in [0.2, 0.25) is 0 Å². The molecule has 4 heterocycles. The molecule has 0 atom stereocenters. The molecule has 6 nitrogen and oxygen atoms in total. The number of hydrogen-bond donors (Lipinski definition) is 0. The number of aromatic nitrogens is 2. The zero-order valence-electron chi connectivity index (χ0n) is 17.8. The number of benzene rings is 2. The Balaban J connectivity index is 1.42. The van der Waals surface area contributed by atoms with Gasteiger partial charge < -0.3 is 8.83 Å². The molecule has 0 unspecified atom stereocenters. The van der Waals surface area contributed by atoms with Crippen LogP contribution in [0.25, 0.3) is 34.2 Å². The van der Waals surface area contributed by atoms with Crippen LogP contribution < -0.4 is 0 Å². The molecule has 1 fully saturated rings. The molecule has 1 amide bonds. The molecule has 166 valence electrons. The van der Waals surface area contributed by atoms with Crippen LogP contribution in [0.1, 0.15) is 11.3 Å². The van der Waals surface area contributed by atoms with Crippen molar-refractivity contribution in [2.24, 2.45) is 0 Å². The maximum Gasteiger partial charge on any atom is 0.266 e.